The molecule has 0 radical (unpaired) electrons. The van der Waals surface area contributed by atoms with Gasteiger partial charge in [0.25, 0.3) is 0 Å². The number of carboxylic acids is 1. The molecule has 0 aliphatic heterocycles. The van der Waals surface area contributed by atoms with Crippen LogP contribution >= 0.6 is 11.8 Å². The molecular weight excluding hydrogens is 508 g/mol. The fraction of sp³-hybridized carbons (Fsp3) is 0.500. The third-order valence-corrected chi connectivity index (χ3v) is 6.91. The Hall–Kier alpha value is -3.38. The molecule has 7 N–H and O–H groups in total. The Balaban J connectivity index is 2.11. The minimum Gasteiger partial charge on any atom is -0.480 e. The minimum atomic E-state index is -1.21. The number of nitrogens with zero attached hydrogens (tertiary/aromatic N) is 1. The molecular formula is C26H38N6O5S. The van der Waals surface area contributed by atoms with Gasteiger partial charge in [-0.25, -0.2) is 9.78 Å². The average molecular weight is 547 g/mol. The Morgan fingerprint density at radius 1 is 1.03 bits per heavy atom. The fourth-order valence-electron chi connectivity index (χ4n) is 3.78. The number of carbonyl (C=O) groups is 4. The van der Waals surface area contributed by atoms with Gasteiger partial charge in [-0.2, -0.15) is 11.8 Å². The van der Waals surface area contributed by atoms with Crippen molar-refractivity contribution < 1.29 is 24.3 Å². The van der Waals surface area contributed by atoms with Gasteiger partial charge in [0.15, 0.2) is 0 Å². The Bertz CT molecular complexity index is 1040. The van der Waals surface area contributed by atoms with Gasteiger partial charge in [-0.05, 0) is 36.3 Å². The first-order valence-electron chi connectivity index (χ1n) is 12.6. The van der Waals surface area contributed by atoms with Gasteiger partial charge in [0, 0.05) is 18.3 Å². The van der Waals surface area contributed by atoms with Crippen LogP contribution in [0.4, 0.5) is 0 Å². The molecule has 2 rings (SSSR count). The molecule has 2 aromatic rings. The van der Waals surface area contributed by atoms with Crippen LogP contribution in [0.3, 0.4) is 0 Å². The van der Waals surface area contributed by atoms with E-state index in [0.29, 0.717) is 24.3 Å². The number of rotatable bonds is 16. The second kappa shape index (κ2) is 15.8. The number of aromatic amines is 1. The predicted molar refractivity (Wildman–Crippen MR) is 146 cm³/mol. The van der Waals surface area contributed by atoms with E-state index in [1.165, 1.54) is 24.3 Å². The summed E-state index contributed by atoms with van der Waals surface area (Å²) in [5.41, 5.74) is 7.57. The smallest absolute Gasteiger partial charge is 0.326 e. The van der Waals surface area contributed by atoms with Crippen molar-refractivity contribution in [2.24, 2.45) is 11.7 Å². The molecule has 3 amide bonds. The van der Waals surface area contributed by atoms with Crippen LogP contribution in [0.5, 0.6) is 0 Å². The summed E-state index contributed by atoms with van der Waals surface area (Å²) in [6.07, 6.45) is 5.97. The van der Waals surface area contributed by atoms with E-state index in [-0.39, 0.29) is 18.8 Å². The lowest BCUT2D eigenvalue weighted by Crippen LogP contribution is -2.59. The maximum atomic E-state index is 13.3. The molecule has 1 aromatic carbocycles. The molecule has 0 fully saturated rings. The summed E-state index contributed by atoms with van der Waals surface area (Å²) in [5, 5.41) is 17.6. The van der Waals surface area contributed by atoms with Crippen molar-refractivity contribution in [2.75, 3.05) is 12.0 Å². The van der Waals surface area contributed by atoms with Gasteiger partial charge in [-0.3, -0.25) is 14.4 Å². The summed E-state index contributed by atoms with van der Waals surface area (Å²) in [7, 11) is 0. The Labute approximate surface area is 227 Å². The number of hydrogen-bond donors (Lipinski definition) is 6. The largest absolute Gasteiger partial charge is 0.480 e. The molecule has 208 valence electrons. The summed E-state index contributed by atoms with van der Waals surface area (Å²) in [5.74, 6) is -2.50. The maximum absolute atomic E-state index is 13.3. The zero-order valence-electron chi connectivity index (χ0n) is 22.0. The maximum Gasteiger partial charge on any atom is 0.326 e. The minimum absolute atomic E-state index is 0.00905. The number of aromatic nitrogens is 2. The topological polar surface area (TPSA) is 179 Å². The number of benzene rings is 1. The quantitative estimate of drug-likeness (QED) is 0.179. The molecule has 5 atom stereocenters. The zero-order valence-corrected chi connectivity index (χ0v) is 22.8. The van der Waals surface area contributed by atoms with Gasteiger partial charge in [-0.1, -0.05) is 50.6 Å². The first-order valence-corrected chi connectivity index (χ1v) is 13.9. The number of aliphatic carboxylic acids is 1. The van der Waals surface area contributed by atoms with Crippen LogP contribution in [0.2, 0.25) is 0 Å². The van der Waals surface area contributed by atoms with Crippen LogP contribution in [0.25, 0.3) is 0 Å². The van der Waals surface area contributed by atoms with E-state index in [9.17, 15) is 24.3 Å². The monoisotopic (exact) mass is 546 g/mol. The summed E-state index contributed by atoms with van der Waals surface area (Å²) in [4.78, 5) is 57.8. The third kappa shape index (κ3) is 9.82. The van der Waals surface area contributed by atoms with Crippen LogP contribution in [-0.4, -0.2) is 74.9 Å². The molecule has 11 nitrogen and oxygen atoms in total. The van der Waals surface area contributed by atoms with E-state index in [1.807, 2.05) is 50.4 Å². The lowest BCUT2D eigenvalue weighted by molar-refractivity contribution is -0.142. The first kappa shape index (κ1) is 30.8. The molecule has 12 heteroatoms. The van der Waals surface area contributed by atoms with Crippen LogP contribution in [0, 0.1) is 5.92 Å². The lowest BCUT2D eigenvalue weighted by Gasteiger charge is -2.28. The Kier molecular flexibility index (Phi) is 12.8. The van der Waals surface area contributed by atoms with Crippen molar-refractivity contribution in [3.8, 4) is 0 Å². The SMILES string of the molecule is CCC(C)C(NC(=O)C(N)Cc1ccccc1)C(=O)NC(CCSC)C(=O)NC(Cc1cnc[nH]1)C(=O)O. The van der Waals surface area contributed by atoms with Crippen LogP contribution in [0.15, 0.2) is 42.9 Å². The summed E-state index contributed by atoms with van der Waals surface area (Å²) < 4.78 is 0. The third-order valence-electron chi connectivity index (χ3n) is 6.27. The van der Waals surface area contributed by atoms with E-state index < -0.39 is 47.9 Å². The van der Waals surface area contributed by atoms with E-state index in [1.54, 1.807) is 0 Å². The summed E-state index contributed by atoms with van der Waals surface area (Å²) >= 11 is 1.49. The number of nitrogens with one attached hydrogen (secondary N) is 4. The average Bonchev–Trinajstić information content (AvgIpc) is 3.42. The Morgan fingerprint density at radius 3 is 2.29 bits per heavy atom. The van der Waals surface area contributed by atoms with Crippen molar-refractivity contribution in [3.05, 3.63) is 54.1 Å². The summed E-state index contributed by atoms with van der Waals surface area (Å²) in [6, 6.07) is 5.37. The molecule has 38 heavy (non-hydrogen) atoms. The Morgan fingerprint density at radius 2 is 1.71 bits per heavy atom. The molecule has 0 spiro atoms. The highest BCUT2D eigenvalue weighted by molar-refractivity contribution is 7.98. The van der Waals surface area contributed by atoms with Gasteiger partial charge in [-0.15, -0.1) is 0 Å². The van der Waals surface area contributed by atoms with Crippen LogP contribution in [0.1, 0.15) is 37.9 Å². The van der Waals surface area contributed by atoms with Crippen molar-refractivity contribution in [1.29, 1.82) is 0 Å². The molecule has 1 aromatic heterocycles. The number of carbonyl (C=O) groups excluding carboxylic acids is 3. The molecule has 0 aliphatic carbocycles. The number of thioether (sulfide) groups is 1. The number of imidazole rings is 1. The van der Waals surface area contributed by atoms with Crippen molar-refractivity contribution >= 4 is 35.5 Å². The second-order valence-electron chi connectivity index (χ2n) is 9.19. The van der Waals surface area contributed by atoms with Crippen molar-refractivity contribution in [1.82, 2.24) is 25.9 Å². The number of H-pyrrole nitrogens is 1. The molecule has 0 aliphatic rings. The van der Waals surface area contributed by atoms with Gasteiger partial charge < -0.3 is 31.8 Å². The molecule has 1 heterocycles. The highest BCUT2D eigenvalue weighted by Crippen LogP contribution is 2.11. The van der Waals surface area contributed by atoms with Gasteiger partial charge in [0.05, 0.1) is 12.4 Å². The first-order chi connectivity index (χ1) is 18.2. The molecule has 0 saturated carbocycles. The standard InChI is InChI=1S/C26H38N6O5S/c1-4-16(2)22(32-23(33)19(27)12-17-8-6-5-7-9-17)25(35)30-20(10-11-38-3)24(34)31-21(26(36)37)13-18-14-28-15-29-18/h5-9,14-16,19-22H,4,10-13,27H2,1-3H3,(H,28,29)(H,30,35)(H,31,34)(H,32,33)(H,36,37). The normalized spacial score (nSPS) is 14.9. The van der Waals surface area contributed by atoms with Gasteiger partial charge in [0.2, 0.25) is 17.7 Å². The van der Waals surface area contributed by atoms with Gasteiger partial charge >= 0.3 is 5.97 Å². The highest BCUT2D eigenvalue weighted by Gasteiger charge is 2.32. The molecule has 0 saturated heterocycles. The van der Waals surface area contributed by atoms with Crippen LogP contribution < -0.4 is 21.7 Å². The highest BCUT2D eigenvalue weighted by atomic mass is 32.2. The number of carboxylic acid groups (broad SMARTS) is 1. The van der Waals surface area contributed by atoms with E-state index in [2.05, 4.69) is 25.9 Å². The van der Waals surface area contributed by atoms with Crippen molar-refractivity contribution in [3.63, 3.8) is 0 Å². The number of nitrogens with two attached hydrogens (primary N) is 1. The van der Waals surface area contributed by atoms with E-state index >= 15 is 0 Å². The molecule has 5 unspecified atom stereocenters. The van der Waals surface area contributed by atoms with Crippen molar-refractivity contribution in [2.45, 2.75) is 63.7 Å². The fourth-order valence-corrected chi connectivity index (χ4v) is 4.25. The number of amides is 3. The summed E-state index contributed by atoms with van der Waals surface area (Å²) in [6.45, 7) is 3.72. The van der Waals surface area contributed by atoms with Crippen LogP contribution in [-0.2, 0) is 32.0 Å². The van der Waals surface area contributed by atoms with Gasteiger partial charge in [0.1, 0.15) is 18.1 Å². The lowest BCUT2D eigenvalue weighted by atomic mass is 9.96. The number of hydrogen-bond acceptors (Lipinski definition) is 7. The zero-order chi connectivity index (χ0) is 28.1. The molecule has 0 bridgehead atoms. The predicted octanol–water partition coefficient (Wildman–Crippen LogP) is 0.860. The second-order valence-corrected chi connectivity index (χ2v) is 10.2. The van der Waals surface area contributed by atoms with E-state index in [4.69, 9.17) is 5.73 Å². The van der Waals surface area contributed by atoms with E-state index in [0.717, 1.165) is 5.56 Å².